The van der Waals surface area contributed by atoms with Gasteiger partial charge in [0.15, 0.2) is 5.96 Å². The van der Waals surface area contributed by atoms with Crippen molar-refractivity contribution in [2.45, 2.75) is 26.2 Å². The van der Waals surface area contributed by atoms with Gasteiger partial charge in [-0.3, -0.25) is 14.5 Å². The molecule has 2 bridgehead atoms. The van der Waals surface area contributed by atoms with Crippen LogP contribution in [0.3, 0.4) is 0 Å². The first kappa shape index (κ1) is 17.8. The molecular weight excluding hydrogens is 330 g/mol. The minimum absolute atomic E-state index is 0.0508. The summed E-state index contributed by atoms with van der Waals surface area (Å²) in [6.07, 6.45) is 3.14. The highest BCUT2D eigenvalue weighted by Crippen LogP contribution is 2.52. The van der Waals surface area contributed by atoms with Gasteiger partial charge in [-0.05, 0) is 31.6 Å². The van der Waals surface area contributed by atoms with Crippen LogP contribution in [0.4, 0.5) is 8.78 Å². The Hall–Kier alpha value is -1.99. The Balaban J connectivity index is 1.47. The monoisotopic (exact) mass is 354 g/mol. The molecule has 2 fully saturated rings. The van der Waals surface area contributed by atoms with E-state index in [2.05, 4.69) is 27.8 Å². The third-order valence-corrected chi connectivity index (χ3v) is 5.14. The van der Waals surface area contributed by atoms with Gasteiger partial charge in [0.1, 0.15) is 6.54 Å². The van der Waals surface area contributed by atoms with E-state index in [9.17, 15) is 18.4 Å². The Morgan fingerprint density at radius 1 is 1.24 bits per heavy atom. The van der Waals surface area contributed by atoms with E-state index in [0.29, 0.717) is 32.0 Å². The molecule has 1 saturated carbocycles. The average molecular weight is 354 g/mol. The van der Waals surface area contributed by atoms with Crippen LogP contribution in [0.5, 0.6) is 0 Å². The highest BCUT2D eigenvalue weighted by molar-refractivity contribution is 6.06. The molecule has 0 aromatic heterocycles. The van der Waals surface area contributed by atoms with E-state index >= 15 is 0 Å². The Labute approximate surface area is 145 Å². The van der Waals surface area contributed by atoms with Crippen molar-refractivity contribution in [1.29, 1.82) is 0 Å². The standard InChI is InChI=1S/C17H24F2N4O2/c1-2-20-17(22-9-12(18)19)21-6-3-7-23-15(24)13-10-4-5-11(8-10)14(13)16(23)25/h4-5,10-14H,2-3,6-9H2,1H3,(H2,20,21,22). The van der Waals surface area contributed by atoms with E-state index in [1.165, 1.54) is 4.90 Å². The topological polar surface area (TPSA) is 73.8 Å². The number of aliphatic imine (C=N–C) groups is 1. The van der Waals surface area contributed by atoms with Gasteiger partial charge >= 0.3 is 0 Å². The Morgan fingerprint density at radius 3 is 2.44 bits per heavy atom. The van der Waals surface area contributed by atoms with Gasteiger partial charge in [0.25, 0.3) is 6.43 Å². The van der Waals surface area contributed by atoms with Gasteiger partial charge < -0.3 is 10.6 Å². The van der Waals surface area contributed by atoms with Crippen LogP contribution < -0.4 is 10.6 Å². The number of nitrogens with one attached hydrogen (secondary N) is 2. The fourth-order valence-corrected chi connectivity index (χ4v) is 4.13. The molecular formula is C17H24F2N4O2. The summed E-state index contributed by atoms with van der Waals surface area (Å²) in [6.45, 7) is 2.66. The van der Waals surface area contributed by atoms with Crippen LogP contribution >= 0.6 is 0 Å². The van der Waals surface area contributed by atoms with Gasteiger partial charge in [-0.2, -0.15) is 0 Å². The fraction of sp³-hybridized carbons (Fsp3) is 0.706. The molecule has 2 aliphatic carbocycles. The van der Waals surface area contributed by atoms with Crippen molar-refractivity contribution in [2.75, 3.05) is 26.2 Å². The molecule has 0 spiro atoms. The number of carbonyl (C=O) groups is 2. The first-order valence-corrected chi connectivity index (χ1v) is 8.86. The molecule has 2 amide bonds. The second-order valence-corrected chi connectivity index (χ2v) is 6.72. The van der Waals surface area contributed by atoms with Crippen molar-refractivity contribution in [2.24, 2.45) is 28.7 Å². The molecule has 138 valence electrons. The number of nitrogens with zero attached hydrogens (tertiary/aromatic N) is 2. The maximum absolute atomic E-state index is 12.5. The van der Waals surface area contributed by atoms with Crippen molar-refractivity contribution in [3.8, 4) is 0 Å². The van der Waals surface area contributed by atoms with Crippen LogP contribution in [-0.4, -0.2) is 55.3 Å². The normalized spacial score (nSPS) is 30.6. The average Bonchev–Trinajstić information content (AvgIpc) is 3.25. The van der Waals surface area contributed by atoms with Crippen molar-refractivity contribution < 1.29 is 18.4 Å². The fourth-order valence-electron chi connectivity index (χ4n) is 4.13. The Morgan fingerprint density at radius 2 is 1.88 bits per heavy atom. The third-order valence-electron chi connectivity index (χ3n) is 5.14. The van der Waals surface area contributed by atoms with Crippen LogP contribution in [0.25, 0.3) is 0 Å². The van der Waals surface area contributed by atoms with Gasteiger partial charge in [0.2, 0.25) is 11.8 Å². The van der Waals surface area contributed by atoms with E-state index in [1.54, 1.807) is 0 Å². The first-order chi connectivity index (χ1) is 12.0. The molecule has 4 atom stereocenters. The van der Waals surface area contributed by atoms with Crippen LogP contribution in [-0.2, 0) is 9.59 Å². The number of imide groups is 1. The molecule has 2 N–H and O–H groups in total. The number of hydrogen-bond donors (Lipinski definition) is 2. The molecule has 0 radical (unpaired) electrons. The minimum atomic E-state index is -2.49. The molecule has 1 heterocycles. The summed E-state index contributed by atoms with van der Waals surface area (Å²) >= 11 is 0. The molecule has 8 heteroatoms. The van der Waals surface area contributed by atoms with Gasteiger partial charge in [-0.1, -0.05) is 12.2 Å². The lowest BCUT2D eigenvalue weighted by molar-refractivity contribution is -0.140. The molecule has 1 saturated heterocycles. The number of fused-ring (bicyclic) bond motifs is 5. The predicted molar refractivity (Wildman–Crippen MR) is 89.0 cm³/mol. The predicted octanol–water partition coefficient (Wildman–Crippen LogP) is 1.00. The van der Waals surface area contributed by atoms with Crippen LogP contribution in [0.15, 0.2) is 17.1 Å². The van der Waals surface area contributed by atoms with E-state index in [1.807, 2.05) is 6.92 Å². The summed E-state index contributed by atoms with van der Waals surface area (Å²) in [4.78, 5) is 30.2. The maximum atomic E-state index is 12.5. The molecule has 0 aromatic carbocycles. The molecule has 25 heavy (non-hydrogen) atoms. The zero-order valence-electron chi connectivity index (χ0n) is 14.3. The largest absolute Gasteiger partial charge is 0.357 e. The van der Waals surface area contributed by atoms with Crippen molar-refractivity contribution in [3.05, 3.63) is 12.2 Å². The number of alkyl halides is 2. The zero-order chi connectivity index (χ0) is 18.0. The molecule has 4 unspecified atom stereocenters. The molecule has 1 aliphatic heterocycles. The van der Waals surface area contributed by atoms with E-state index < -0.39 is 13.0 Å². The Kier molecular flexibility index (Phi) is 5.34. The number of carbonyl (C=O) groups excluding carboxylic acids is 2. The summed E-state index contributed by atoms with van der Waals surface area (Å²) in [5.74, 6) is 0.324. The second kappa shape index (κ2) is 7.49. The van der Waals surface area contributed by atoms with Crippen molar-refractivity contribution >= 4 is 17.8 Å². The van der Waals surface area contributed by atoms with Gasteiger partial charge in [-0.15, -0.1) is 0 Å². The molecule has 3 rings (SSSR count). The Bertz CT molecular complexity index is 563. The number of allylic oxidation sites excluding steroid dienone is 2. The first-order valence-electron chi connectivity index (χ1n) is 8.86. The van der Waals surface area contributed by atoms with Crippen molar-refractivity contribution in [1.82, 2.24) is 15.5 Å². The number of amides is 2. The maximum Gasteiger partial charge on any atom is 0.257 e. The zero-order valence-corrected chi connectivity index (χ0v) is 14.3. The summed E-state index contributed by atoms with van der Waals surface area (Å²) in [6, 6.07) is 0. The summed E-state index contributed by atoms with van der Waals surface area (Å²) in [5, 5.41) is 5.84. The minimum Gasteiger partial charge on any atom is -0.357 e. The lowest BCUT2D eigenvalue weighted by Gasteiger charge is -2.18. The number of likely N-dealkylation sites (tertiary alicyclic amines) is 1. The quantitative estimate of drug-likeness (QED) is 0.235. The van der Waals surface area contributed by atoms with Crippen LogP contribution in [0.2, 0.25) is 0 Å². The van der Waals surface area contributed by atoms with Crippen LogP contribution in [0.1, 0.15) is 19.8 Å². The highest BCUT2D eigenvalue weighted by atomic mass is 19.3. The second-order valence-electron chi connectivity index (χ2n) is 6.72. The van der Waals surface area contributed by atoms with Gasteiger partial charge in [-0.25, -0.2) is 13.8 Å². The molecule has 3 aliphatic rings. The lowest BCUT2D eigenvalue weighted by Crippen LogP contribution is -2.40. The van der Waals surface area contributed by atoms with Crippen molar-refractivity contribution in [3.63, 3.8) is 0 Å². The van der Waals surface area contributed by atoms with E-state index in [0.717, 1.165) is 6.42 Å². The summed E-state index contributed by atoms with van der Waals surface area (Å²) in [5.41, 5.74) is 0. The van der Waals surface area contributed by atoms with Crippen LogP contribution in [0, 0.1) is 23.7 Å². The summed E-state index contributed by atoms with van der Waals surface area (Å²) < 4.78 is 24.5. The SMILES string of the molecule is CCNC(=NCC(F)F)NCCCN1C(=O)C2C3C=CC(C3)C2C1=O. The number of halogens is 2. The smallest absolute Gasteiger partial charge is 0.257 e. The lowest BCUT2D eigenvalue weighted by atomic mass is 9.85. The van der Waals surface area contributed by atoms with Gasteiger partial charge in [0.05, 0.1) is 11.8 Å². The summed E-state index contributed by atoms with van der Waals surface area (Å²) in [7, 11) is 0. The number of hydrogen-bond acceptors (Lipinski definition) is 3. The van der Waals surface area contributed by atoms with E-state index in [4.69, 9.17) is 0 Å². The molecule has 6 nitrogen and oxygen atoms in total. The number of guanidine groups is 1. The third kappa shape index (κ3) is 3.52. The molecule has 0 aromatic rings. The highest BCUT2D eigenvalue weighted by Gasteiger charge is 2.58. The number of rotatable bonds is 7. The van der Waals surface area contributed by atoms with Gasteiger partial charge in [0, 0.05) is 19.6 Å². The van der Waals surface area contributed by atoms with E-state index in [-0.39, 0.29) is 35.5 Å².